The second-order valence-corrected chi connectivity index (χ2v) is 8.65. The molecular formula is C16H17Cl2NO3S. The predicted molar refractivity (Wildman–Crippen MR) is 92.9 cm³/mol. The molecule has 4 nitrogen and oxygen atoms in total. The van der Waals surface area contributed by atoms with Gasteiger partial charge in [0.05, 0.1) is 10.6 Å². The van der Waals surface area contributed by atoms with Crippen molar-refractivity contribution < 1.29 is 13.2 Å². The van der Waals surface area contributed by atoms with E-state index in [0.717, 1.165) is 0 Å². The molecule has 0 aliphatic heterocycles. The van der Waals surface area contributed by atoms with Crippen molar-refractivity contribution in [2.24, 2.45) is 10.3 Å². The van der Waals surface area contributed by atoms with Gasteiger partial charge in [0.15, 0.2) is 5.78 Å². The maximum absolute atomic E-state index is 12.4. The quantitative estimate of drug-likeness (QED) is 0.760. The van der Waals surface area contributed by atoms with Gasteiger partial charge in [0, 0.05) is 5.57 Å². The van der Waals surface area contributed by atoms with E-state index in [0.29, 0.717) is 5.57 Å². The molecule has 2 rings (SSSR count). The van der Waals surface area contributed by atoms with Crippen LogP contribution in [0.15, 0.2) is 51.3 Å². The Balaban J connectivity index is 2.61. The number of hydrogen-bond acceptors (Lipinski definition) is 3. The van der Waals surface area contributed by atoms with Gasteiger partial charge >= 0.3 is 0 Å². The van der Waals surface area contributed by atoms with Crippen LogP contribution < -0.4 is 0 Å². The van der Waals surface area contributed by atoms with Crippen LogP contribution in [0.3, 0.4) is 0 Å². The Bertz CT molecular complexity index is 781. The molecular weight excluding hydrogens is 357 g/mol. The SMILES string of the molecule is CC(C)C1=CC(=NS(=O)(=O)c2ccccc2)[C@@](C)(Cl)[C@H](Cl)C1=O. The minimum Gasteiger partial charge on any atom is -0.293 e. The highest BCUT2D eigenvalue weighted by Crippen LogP contribution is 2.36. The van der Waals surface area contributed by atoms with Crippen molar-refractivity contribution in [2.75, 3.05) is 0 Å². The molecule has 0 fully saturated rings. The van der Waals surface area contributed by atoms with E-state index in [1.165, 1.54) is 25.1 Å². The summed E-state index contributed by atoms with van der Waals surface area (Å²) in [5.41, 5.74) is 0.497. The zero-order valence-electron chi connectivity index (χ0n) is 13.0. The number of benzene rings is 1. The Morgan fingerprint density at radius 1 is 1.22 bits per heavy atom. The fourth-order valence-corrected chi connectivity index (χ4v) is 3.81. The molecule has 23 heavy (non-hydrogen) atoms. The standard InChI is InChI=1S/C16H17Cl2NO3S/c1-10(2)12-9-13(16(3,18)15(17)14(12)20)19-23(21,22)11-7-5-4-6-8-11/h4-10,15H,1-3H3/t15-,16-/m1/s1. The number of Topliss-reactive ketones (excluding diaryl/α,β-unsaturated/α-hetero) is 1. The number of carbonyl (C=O) groups is 1. The lowest BCUT2D eigenvalue weighted by atomic mass is 9.83. The molecule has 0 saturated carbocycles. The molecule has 1 aliphatic carbocycles. The van der Waals surface area contributed by atoms with Gasteiger partial charge in [0.25, 0.3) is 10.0 Å². The van der Waals surface area contributed by atoms with Gasteiger partial charge in [-0.1, -0.05) is 32.0 Å². The number of halogens is 2. The van der Waals surface area contributed by atoms with E-state index in [9.17, 15) is 13.2 Å². The number of nitrogens with zero attached hydrogens (tertiary/aromatic N) is 1. The van der Waals surface area contributed by atoms with E-state index in [4.69, 9.17) is 23.2 Å². The lowest BCUT2D eigenvalue weighted by molar-refractivity contribution is -0.116. The Morgan fingerprint density at radius 2 is 1.78 bits per heavy atom. The number of sulfonamides is 1. The Kier molecular flexibility index (Phi) is 5.04. The lowest BCUT2D eigenvalue weighted by Gasteiger charge is -2.32. The minimum atomic E-state index is -3.93. The van der Waals surface area contributed by atoms with Crippen LogP contribution in [0, 0.1) is 5.92 Å². The van der Waals surface area contributed by atoms with E-state index >= 15 is 0 Å². The molecule has 0 unspecified atom stereocenters. The largest absolute Gasteiger partial charge is 0.293 e. The first kappa shape index (κ1) is 18.2. The van der Waals surface area contributed by atoms with Crippen LogP contribution in [-0.4, -0.2) is 30.2 Å². The van der Waals surface area contributed by atoms with Crippen molar-refractivity contribution in [1.29, 1.82) is 0 Å². The van der Waals surface area contributed by atoms with Crippen LogP contribution in [0.2, 0.25) is 0 Å². The highest BCUT2D eigenvalue weighted by Gasteiger charge is 2.45. The van der Waals surface area contributed by atoms with Crippen molar-refractivity contribution in [3.05, 3.63) is 42.0 Å². The third kappa shape index (κ3) is 3.52. The topological polar surface area (TPSA) is 63.6 Å². The van der Waals surface area contributed by atoms with Gasteiger partial charge in [0.2, 0.25) is 0 Å². The number of hydrogen-bond donors (Lipinski definition) is 0. The first-order valence-corrected chi connectivity index (χ1v) is 9.32. The predicted octanol–water partition coefficient (Wildman–Crippen LogP) is 3.59. The number of ketones is 1. The molecule has 1 aromatic carbocycles. The number of rotatable bonds is 3. The van der Waals surface area contributed by atoms with Crippen molar-refractivity contribution in [1.82, 2.24) is 0 Å². The number of alkyl halides is 2. The third-order valence-electron chi connectivity index (χ3n) is 3.67. The number of allylic oxidation sites excluding steroid dienone is 2. The van der Waals surface area contributed by atoms with E-state index in [1.54, 1.807) is 18.2 Å². The zero-order valence-corrected chi connectivity index (χ0v) is 15.3. The summed E-state index contributed by atoms with van der Waals surface area (Å²) in [6.45, 7) is 5.15. The first-order valence-electron chi connectivity index (χ1n) is 7.06. The maximum atomic E-state index is 12.4. The molecule has 0 heterocycles. The molecule has 0 N–H and O–H groups in total. The average molecular weight is 374 g/mol. The normalized spacial score (nSPS) is 27.4. The summed E-state index contributed by atoms with van der Waals surface area (Å²) in [5.74, 6) is -0.406. The van der Waals surface area contributed by atoms with Gasteiger partial charge in [-0.15, -0.1) is 23.2 Å². The highest BCUT2D eigenvalue weighted by molar-refractivity contribution is 7.90. The van der Waals surface area contributed by atoms with Crippen LogP contribution in [0.4, 0.5) is 0 Å². The Hall–Kier alpha value is -1.17. The third-order valence-corrected chi connectivity index (χ3v) is 6.13. The van der Waals surface area contributed by atoms with E-state index < -0.39 is 20.3 Å². The Labute approximate surface area is 146 Å². The van der Waals surface area contributed by atoms with Crippen molar-refractivity contribution in [3.8, 4) is 0 Å². The second-order valence-electron chi connectivity index (χ2n) is 5.82. The second kappa shape index (κ2) is 6.38. The molecule has 124 valence electrons. The summed E-state index contributed by atoms with van der Waals surface area (Å²) < 4.78 is 28.8. The summed E-state index contributed by atoms with van der Waals surface area (Å²) in [5, 5.41) is -1.07. The van der Waals surface area contributed by atoms with Gasteiger partial charge in [-0.3, -0.25) is 4.79 Å². The van der Waals surface area contributed by atoms with Crippen LogP contribution in [-0.2, 0) is 14.8 Å². The molecule has 1 aromatic rings. The van der Waals surface area contributed by atoms with Gasteiger partial charge in [-0.05, 0) is 31.1 Å². The fraction of sp³-hybridized carbons (Fsp3) is 0.375. The molecule has 0 aromatic heterocycles. The smallest absolute Gasteiger partial charge is 0.282 e. The average Bonchev–Trinajstić information content (AvgIpc) is 2.49. The fourth-order valence-electron chi connectivity index (χ4n) is 2.22. The summed E-state index contributed by atoms with van der Waals surface area (Å²) in [6.07, 6.45) is 1.44. The molecule has 0 spiro atoms. The van der Waals surface area contributed by atoms with Gasteiger partial charge in [-0.25, -0.2) is 0 Å². The van der Waals surface area contributed by atoms with E-state index in [1.807, 2.05) is 13.8 Å². The highest BCUT2D eigenvalue weighted by atomic mass is 35.5. The van der Waals surface area contributed by atoms with Gasteiger partial charge in [0.1, 0.15) is 10.3 Å². The Morgan fingerprint density at radius 3 is 2.30 bits per heavy atom. The molecule has 0 saturated heterocycles. The molecule has 0 radical (unpaired) electrons. The van der Waals surface area contributed by atoms with E-state index in [2.05, 4.69) is 4.40 Å². The summed E-state index contributed by atoms with van der Waals surface area (Å²) in [6, 6.07) is 7.82. The van der Waals surface area contributed by atoms with Gasteiger partial charge in [-0.2, -0.15) is 12.8 Å². The van der Waals surface area contributed by atoms with Crippen LogP contribution in [0.25, 0.3) is 0 Å². The van der Waals surface area contributed by atoms with Crippen LogP contribution in [0.5, 0.6) is 0 Å². The van der Waals surface area contributed by atoms with Crippen LogP contribution >= 0.6 is 23.2 Å². The maximum Gasteiger partial charge on any atom is 0.282 e. The summed E-state index contributed by atoms with van der Waals surface area (Å²) >= 11 is 12.5. The molecule has 1 aliphatic rings. The lowest BCUT2D eigenvalue weighted by Crippen LogP contribution is -2.47. The minimum absolute atomic E-state index is 0.0579. The van der Waals surface area contributed by atoms with E-state index in [-0.39, 0.29) is 22.3 Å². The zero-order chi connectivity index (χ0) is 17.4. The van der Waals surface area contributed by atoms with Gasteiger partial charge < -0.3 is 0 Å². The summed E-state index contributed by atoms with van der Waals surface area (Å²) in [4.78, 5) is 10.9. The monoisotopic (exact) mass is 373 g/mol. The summed E-state index contributed by atoms with van der Waals surface area (Å²) in [7, 11) is -3.93. The molecule has 2 atom stereocenters. The molecule has 0 bridgehead atoms. The molecule has 7 heteroatoms. The van der Waals surface area contributed by atoms with Crippen LogP contribution in [0.1, 0.15) is 20.8 Å². The number of carbonyl (C=O) groups excluding carboxylic acids is 1. The van der Waals surface area contributed by atoms with Crippen molar-refractivity contribution in [3.63, 3.8) is 0 Å². The first-order chi connectivity index (χ1) is 10.6. The van der Waals surface area contributed by atoms with Crippen molar-refractivity contribution in [2.45, 2.75) is 35.9 Å². The van der Waals surface area contributed by atoms with Crippen molar-refractivity contribution >= 4 is 44.7 Å². The molecule has 0 amide bonds.